The minimum absolute atomic E-state index is 0.526. The van der Waals surface area contributed by atoms with Gasteiger partial charge in [0.05, 0.1) is 5.75 Å². The number of carbonyl (C=O) groups excluding carboxylic acids is 1. The summed E-state index contributed by atoms with van der Waals surface area (Å²) >= 11 is 0. The number of rotatable bonds is 4. The van der Waals surface area contributed by atoms with E-state index in [1.165, 1.54) is 0 Å². The fourth-order valence-corrected chi connectivity index (χ4v) is 1.21. The molecule has 0 spiro atoms. The number of alkyl halides is 3. The van der Waals surface area contributed by atoms with Crippen LogP contribution in [0.4, 0.5) is 13.2 Å². The van der Waals surface area contributed by atoms with E-state index in [0.29, 0.717) is 0 Å². The predicted octanol–water partition coefficient (Wildman–Crippen LogP) is 0.943. The number of ketones is 1. The first-order valence-electron chi connectivity index (χ1n) is 3.36. The second kappa shape index (κ2) is 4.08. The number of sulfone groups is 1. The molecule has 0 unspecified atom stereocenters. The van der Waals surface area contributed by atoms with E-state index in [0.717, 1.165) is 6.26 Å². The van der Waals surface area contributed by atoms with Gasteiger partial charge >= 0.3 is 6.18 Å². The number of Topliss-reactive ketones (excluding diaryl/α,β-unsaturated/α-hetero) is 1. The summed E-state index contributed by atoms with van der Waals surface area (Å²) in [5.41, 5.74) is 0. The maximum absolute atomic E-state index is 11.6. The summed E-state index contributed by atoms with van der Waals surface area (Å²) < 4.78 is 55.6. The highest BCUT2D eigenvalue weighted by atomic mass is 32.2. The monoisotopic (exact) mass is 218 g/mol. The number of halogens is 3. The van der Waals surface area contributed by atoms with Crippen molar-refractivity contribution in [3.05, 3.63) is 0 Å². The molecule has 0 rings (SSSR count). The molecule has 7 heteroatoms. The summed E-state index contributed by atoms with van der Waals surface area (Å²) in [7, 11) is -3.36. The summed E-state index contributed by atoms with van der Waals surface area (Å²) in [6.45, 7) is 0. The Morgan fingerprint density at radius 3 is 2.08 bits per heavy atom. The van der Waals surface area contributed by atoms with Crippen LogP contribution in [0.5, 0.6) is 0 Å². The van der Waals surface area contributed by atoms with Crippen LogP contribution < -0.4 is 0 Å². The van der Waals surface area contributed by atoms with Crippen molar-refractivity contribution in [3.63, 3.8) is 0 Å². The van der Waals surface area contributed by atoms with Crippen LogP contribution in [0.15, 0.2) is 0 Å². The van der Waals surface area contributed by atoms with Crippen LogP contribution >= 0.6 is 0 Å². The van der Waals surface area contributed by atoms with Gasteiger partial charge in [0, 0.05) is 12.7 Å². The van der Waals surface area contributed by atoms with Gasteiger partial charge in [0.15, 0.2) is 0 Å². The highest BCUT2D eigenvalue weighted by molar-refractivity contribution is 7.90. The van der Waals surface area contributed by atoms with E-state index >= 15 is 0 Å². The maximum atomic E-state index is 11.6. The minimum Gasteiger partial charge on any atom is -0.299 e. The fourth-order valence-electron chi connectivity index (χ4n) is 0.611. The molecule has 0 radical (unpaired) electrons. The third kappa shape index (κ3) is 9.32. The molecule has 0 aliphatic carbocycles. The Morgan fingerprint density at radius 1 is 1.31 bits per heavy atom. The zero-order chi connectivity index (χ0) is 10.7. The first-order chi connectivity index (χ1) is 5.60. The van der Waals surface area contributed by atoms with Gasteiger partial charge in [-0.1, -0.05) is 0 Å². The third-order valence-corrected chi connectivity index (χ3v) is 2.10. The van der Waals surface area contributed by atoms with Crippen molar-refractivity contribution in [1.82, 2.24) is 0 Å². The largest absolute Gasteiger partial charge is 0.395 e. The molecule has 0 atom stereocenters. The van der Waals surface area contributed by atoms with Crippen molar-refractivity contribution in [2.45, 2.75) is 19.0 Å². The van der Waals surface area contributed by atoms with Gasteiger partial charge < -0.3 is 0 Å². The van der Waals surface area contributed by atoms with E-state index in [-0.39, 0.29) is 0 Å². The minimum atomic E-state index is -4.55. The number of hydrogen-bond acceptors (Lipinski definition) is 3. The van der Waals surface area contributed by atoms with Gasteiger partial charge in [-0.05, 0) is 0 Å². The Bertz CT molecular complexity index is 278. The summed E-state index contributed by atoms with van der Waals surface area (Å²) in [6.07, 6.45) is -5.80. The number of carbonyl (C=O) groups is 1. The summed E-state index contributed by atoms with van der Waals surface area (Å²) in [5.74, 6) is -1.63. The fraction of sp³-hybridized carbons (Fsp3) is 0.833. The average molecular weight is 218 g/mol. The molecule has 13 heavy (non-hydrogen) atoms. The van der Waals surface area contributed by atoms with Gasteiger partial charge in [-0.3, -0.25) is 4.79 Å². The lowest BCUT2D eigenvalue weighted by Gasteiger charge is -2.03. The molecule has 0 N–H and O–H groups in total. The van der Waals surface area contributed by atoms with Crippen molar-refractivity contribution in [3.8, 4) is 0 Å². The molecule has 0 amide bonds. The van der Waals surface area contributed by atoms with Crippen LogP contribution in [0.3, 0.4) is 0 Å². The highest BCUT2D eigenvalue weighted by Crippen LogP contribution is 2.20. The van der Waals surface area contributed by atoms with E-state index in [1.807, 2.05) is 0 Å². The van der Waals surface area contributed by atoms with Crippen LogP contribution in [0.1, 0.15) is 12.8 Å². The van der Waals surface area contributed by atoms with Crippen molar-refractivity contribution in [1.29, 1.82) is 0 Å². The molecule has 0 fully saturated rings. The Hall–Kier alpha value is -0.590. The Kier molecular flexibility index (Phi) is 3.89. The molecule has 0 aliphatic heterocycles. The second-order valence-corrected chi connectivity index (χ2v) is 4.97. The van der Waals surface area contributed by atoms with Crippen LogP contribution in [0.2, 0.25) is 0 Å². The SMILES string of the molecule is CS(=O)(=O)CCC(=O)CC(F)(F)F. The average Bonchev–Trinajstić information content (AvgIpc) is 1.78. The first-order valence-corrected chi connectivity index (χ1v) is 5.42. The van der Waals surface area contributed by atoms with Crippen molar-refractivity contribution in [2.24, 2.45) is 0 Å². The maximum Gasteiger partial charge on any atom is 0.395 e. The summed E-state index contributed by atoms with van der Waals surface area (Å²) in [5, 5.41) is 0. The molecule has 0 bridgehead atoms. The molecular formula is C6H9F3O3S. The van der Waals surface area contributed by atoms with Crippen LogP contribution in [0.25, 0.3) is 0 Å². The lowest BCUT2D eigenvalue weighted by Crippen LogP contribution is -2.17. The van der Waals surface area contributed by atoms with Gasteiger partial charge in [0.1, 0.15) is 22.0 Å². The predicted molar refractivity (Wildman–Crippen MR) is 40.0 cm³/mol. The van der Waals surface area contributed by atoms with E-state index in [2.05, 4.69) is 0 Å². The molecule has 0 aromatic rings. The lowest BCUT2D eigenvalue weighted by molar-refractivity contribution is -0.151. The second-order valence-electron chi connectivity index (χ2n) is 2.71. The van der Waals surface area contributed by atoms with Gasteiger partial charge in [0.2, 0.25) is 0 Å². The molecule has 0 saturated carbocycles. The molecule has 0 heterocycles. The Balaban J connectivity index is 3.92. The normalized spacial score (nSPS) is 12.9. The molecular weight excluding hydrogens is 209 g/mol. The molecule has 0 aromatic heterocycles. The smallest absolute Gasteiger partial charge is 0.299 e. The topological polar surface area (TPSA) is 51.2 Å². The molecule has 0 aromatic carbocycles. The zero-order valence-corrected chi connectivity index (χ0v) is 7.70. The van der Waals surface area contributed by atoms with Gasteiger partial charge in [0.25, 0.3) is 0 Å². The Morgan fingerprint density at radius 2 is 1.77 bits per heavy atom. The van der Waals surface area contributed by atoms with Crippen molar-refractivity contribution in [2.75, 3.05) is 12.0 Å². The summed E-state index contributed by atoms with van der Waals surface area (Å²) in [6, 6.07) is 0. The van der Waals surface area contributed by atoms with Gasteiger partial charge in [-0.2, -0.15) is 13.2 Å². The third-order valence-electron chi connectivity index (χ3n) is 1.15. The number of hydrogen-bond donors (Lipinski definition) is 0. The van der Waals surface area contributed by atoms with Crippen molar-refractivity contribution < 1.29 is 26.4 Å². The van der Waals surface area contributed by atoms with Gasteiger partial charge in [-0.25, -0.2) is 8.42 Å². The lowest BCUT2D eigenvalue weighted by atomic mass is 10.2. The first kappa shape index (κ1) is 12.4. The summed E-state index contributed by atoms with van der Waals surface area (Å²) in [4.78, 5) is 10.5. The van der Waals surface area contributed by atoms with E-state index < -0.39 is 40.4 Å². The standard InChI is InChI=1S/C6H9F3O3S/c1-13(11,12)3-2-5(10)4-6(7,8)9/h2-4H2,1H3. The van der Waals surface area contributed by atoms with Crippen LogP contribution in [-0.2, 0) is 14.6 Å². The van der Waals surface area contributed by atoms with E-state index in [1.54, 1.807) is 0 Å². The van der Waals surface area contributed by atoms with Crippen LogP contribution in [0, 0.1) is 0 Å². The van der Waals surface area contributed by atoms with E-state index in [9.17, 15) is 26.4 Å². The van der Waals surface area contributed by atoms with E-state index in [4.69, 9.17) is 0 Å². The zero-order valence-electron chi connectivity index (χ0n) is 6.89. The Labute approximate surface area is 73.8 Å². The highest BCUT2D eigenvalue weighted by Gasteiger charge is 2.30. The quantitative estimate of drug-likeness (QED) is 0.705. The molecule has 0 saturated heterocycles. The molecule has 78 valence electrons. The van der Waals surface area contributed by atoms with Crippen molar-refractivity contribution >= 4 is 15.6 Å². The van der Waals surface area contributed by atoms with Crippen LogP contribution in [-0.4, -0.2) is 32.4 Å². The molecule has 0 aliphatic rings. The van der Waals surface area contributed by atoms with Gasteiger partial charge in [-0.15, -0.1) is 0 Å². The molecule has 3 nitrogen and oxygen atoms in total.